The molecule has 0 aromatic heterocycles. The molecule has 29 heavy (non-hydrogen) atoms. The molecule has 2 aromatic rings. The third kappa shape index (κ3) is 4.80. The SMILES string of the molecule is CCCOc1ccc(-c2ccc([C@H]3CC[C@H](CCC)CC3)c(C#N)c2C#N)cc1. The first-order chi connectivity index (χ1) is 14.2. The van der Waals surface area contributed by atoms with E-state index in [0.29, 0.717) is 23.7 Å². The first-order valence-electron chi connectivity index (χ1n) is 10.9. The standard InChI is InChI=1S/C26H30N2O/c1-3-5-19-6-8-20(9-7-19)23-14-15-24(26(18-28)25(23)17-27)21-10-12-22(13-11-21)29-16-4-2/h10-15,19-20H,3-9,16H2,1-2H3/t19-,20-. The van der Waals surface area contributed by atoms with Gasteiger partial charge in [0.1, 0.15) is 17.9 Å². The second kappa shape index (κ2) is 10.1. The normalized spacial score (nSPS) is 18.6. The highest BCUT2D eigenvalue weighted by atomic mass is 16.5. The van der Waals surface area contributed by atoms with Crippen LogP contribution in [0.5, 0.6) is 5.75 Å². The monoisotopic (exact) mass is 386 g/mol. The highest BCUT2D eigenvalue weighted by Crippen LogP contribution is 2.40. The van der Waals surface area contributed by atoms with Crippen LogP contribution in [0.1, 0.15) is 81.4 Å². The van der Waals surface area contributed by atoms with Crippen LogP contribution in [0.3, 0.4) is 0 Å². The van der Waals surface area contributed by atoms with Gasteiger partial charge in [-0.2, -0.15) is 10.5 Å². The van der Waals surface area contributed by atoms with E-state index in [4.69, 9.17) is 4.74 Å². The third-order valence-corrected chi connectivity index (χ3v) is 6.08. The van der Waals surface area contributed by atoms with E-state index >= 15 is 0 Å². The number of benzene rings is 2. The number of hydrogen-bond donors (Lipinski definition) is 0. The van der Waals surface area contributed by atoms with Gasteiger partial charge in [0.05, 0.1) is 17.7 Å². The van der Waals surface area contributed by atoms with Gasteiger partial charge >= 0.3 is 0 Å². The third-order valence-electron chi connectivity index (χ3n) is 6.08. The molecule has 1 aliphatic carbocycles. The number of nitriles is 2. The van der Waals surface area contributed by atoms with Gasteiger partial charge in [0.15, 0.2) is 0 Å². The van der Waals surface area contributed by atoms with E-state index in [1.54, 1.807) is 0 Å². The van der Waals surface area contributed by atoms with E-state index in [2.05, 4.69) is 32.1 Å². The molecule has 3 nitrogen and oxygen atoms in total. The number of hydrogen-bond acceptors (Lipinski definition) is 3. The summed E-state index contributed by atoms with van der Waals surface area (Å²) in [6, 6.07) is 16.6. The lowest BCUT2D eigenvalue weighted by Gasteiger charge is -2.29. The molecule has 0 N–H and O–H groups in total. The van der Waals surface area contributed by atoms with E-state index in [0.717, 1.165) is 47.6 Å². The molecule has 0 spiro atoms. The van der Waals surface area contributed by atoms with Crippen molar-refractivity contribution in [1.29, 1.82) is 10.5 Å². The number of nitrogens with zero attached hydrogens (tertiary/aromatic N) is 2. The minimum atomic E-state index is 0.392. The van der Waals surface area contributed by atoms with Gasteiger partial charge in [-0.3, -0.25) is 0 Å². The predicted molar refractivity (Wildman–Crippen MR) is 117 cm³/mol. The first-order valence-corrected chi connectivity index (χ1v) is 10.9. The van der Waals surface area contributed by atoms with Crippen LogP contribution in [0, 0.1) is 28.6 Å². The van der Waals surface area contributed by atoms with E-state index in [1.807, 2.05) is 30.3 Å². The highest BCUT2D eigenvalue weighted by molar-refractivity contribution is 5.75. The Balaban J connectivity index is 1.88. The summed E-state index contributed by atoms with van der Waals surface area (Å²) in [5.41, 5.74) is 3.90. The summed E-state index contributed by atoms with van der Waals surface area (Å²) in [6.45, 7) is 5.02. The Morgan fingerprint density at radius 1 is 0.862 bits per heavy atom. The van der Waals surface area contributed by atoms with E-state index in [1.165, 1.54) is 25.7 Å². The lowest BCUT2D eigenvalue weighted by Crippen LogP contribution is -2.14. The summed E-state index contributed by atoms with van der Waals surface area (Å²) in [5, 5.41) is 19.8. The summed E-state index contributed by atoms with van der Waals surface area (Å²) in [5.74, 6) is 2.05. The van der Waals surface area contributed by atoms with Crippen LogP contribution >= 0.6 is 0 Å². The summed E-state index contributed by atoms with van der Waals surface area (Å²) in [4.78, 5) is 0. The Kier molecular flexibility index (Phi) is 7.31. The molecule has 1 saturated carbocycles. The van der Waals surface area contributed by atoms with E-state index < -0.39 is 0 Å². The second-order valence-electron chi connectivity index (χ2n) is 8.06. The predicted octanol–water partition coefficient (Wildman–Crippen LogP) is 6.96. The zero-order valence-electron chi connectivity index (χ0n) is 17.6. The molecule has 0 radical (unpaired) electrons. The molecule has 1 aliphatic rings. The lowest BCUT2D eigenvalue weighted by atomic mass is 9.75. The minimum absolute atomic E-state index is 0.392. The van der Waals surface area contributed by atoms with Crippen molar-refractivity contribution < 1.29 is 4.74 Å². The smallest absolute Gasteiger partial charge is 0.119 e. The Hall–Kier alpha value is -2.78. The Bertz CT molecular complexity index is 894. The van der Waals surface area contributed by atoms with Crippen LogP contribution in [0.2, 0.25) is 0 Å². The van der Waals surface area contributed by atoms with Crippen molar-refractivity contribution in [2.24, 2.45) is 5.92 Å². The summed E-state index contributed by atoms with van der Waals surface area (Å²) in [7, 11) is 0. The Morgan fingerprint density at radius 3 is 2.14 bits per heavy atom. The van der Waals surface area contributed by atoms with Crippen molar-refractivity contribution in [2.75, 3.05) is 6.61 Å². The van der Waals surface area contributed by atoms with Crippen LogP contribution in [-0.2, 0) is 0 Å². The molecular weight excluding hydrogens is 356 g/mol. The fraction of sp³-hybridized carbons (Fsp3) is 0.462. The average Bonchev–Trinajstić information content (AvgIpc) is 2.77. The van der Waals surface area contributed by atoms with E-state index in [9.17, 15) is 10.5 Å². The zero-order valence-corrected chi connectivity index (χ0v) is 17.6. The molecule has 0 saturated heterocycles. The molecule has 3 rings (SSSR count). The summed E-state index contributed by atoms with van der Waals surface area (Å²) < 4.78 is 5.65. The molecule has 1 fully saturated rings. The lowest BCUT2D eigenvalue weighted by molar-refractivity contribution is 0.308. The van der Waals surface area contributed by atoms with Crippen molar-refractivity contribution >= 4 is 0 Å². The molecule has 2 aromatic carbocycles. The molecule has 0 atom stereocenters. The fourth-order valence-electron chi connectivity index (χ4n) is 4.56. The molecular formula is C26H30N2O. The second-order valence-corrected chi connectivity index (χ2v) is 8.06. The van der Waals surface area contributed by atoms with Crippen LogP contribution in [0.25, 0.3) is 11.1 Å². The van der Waals surface area contributed by atoms with Crippen LogP contribution < -0.4 is 4.74 Å². The van der Waals surface area contributed by atoms with Crippen LogP contribution in [-0.4, -0.2) is 6.61 Å². The molecule has 3 heteroatoms. The maximum Gasteiger partial charge on any atom is 0.119 e. The molecule has 0 aliphatic heterocycles. The van der Waals surface area contributed by atoms with Gasteiger partial charge in [0.25, 0.3) is 0 Å². The van der Waals surface area contributed by atoms with Gasteiger partial charge in [-0.15, -0.1) is 0 Å². The Morgan fingerprint density at radius 2 is 1.55 bits per heavy atom. The van der Waals surface area contributed by atoms with E-state index in [-0.39, 0.29) is 0 Å². The number of ether oxygens (including phenoxy) is 1. The van der Waals surface area contributed by atoms with Crippen LogP contribution in [0.4, 0.5) is 0 Å². The van der Waals surface area contributed by atoms with Crippen molar-refractivity contribution in [3.05, 3.63) is 53.1 Å². The van der Waals surface area contributed by atoms with Crippen molar-refractivity contribution in [1.82, 2.24) is 0 Å². The average molecular weight is 387 g/mol. The van der Waals surface area contributed by atoms with Crippen molar-refractivity contribution in [2.45, 2.75) is 64.7 Å². The van der Waals surface area contributed by atoms with Gasteiger partial charge in [-0.1, -0.05) is 51.0 Å². The highest BCUT2D eigenvalue weighted by Gasteiger charge is 2.26. The van der Waals surface area contributed by atoms with Crippen LogP contribution in [0.15, 0.2) is 36.4 Å². The van der Waals surface area contributed by atoms with Gasteiger partial charge in [-0.25, -0.2) is 0 Å². The maximum absolute atomic E-state index is 9.89. The quantitative estimate of drug-likeness (QED) is 0.517. The van der Waals surface area contributed by atoms with Crippen molar-refractivity contribution in [3.8, 4) is 29.0 Å². The molecule has 0 unspecified atom stereocenters. The minimum Gasteiger partial charge on any atom is -0.494 e. The summed E-state index contributed by atoms with van der Waals surface area (Å²) >= 11 is 0. The largest absolute Gasteiger partial charge is 0.494 e. The van der Waals surface area contributed by atoms with Crippen molar-refractivity contribution in [3.63, 3.8) is 0 Å². The topological polar surface area (TPSA) is 56.8 Å². The molecule has 0 bridgehead atoms. The molecule has 0 amide bonds. The molecule has 0 heterocycles. The fourth-order valence-corrected chi connectivity index (χ4v) is 4.56. The Labute approximate surface area is 174 Å². The number of rotatable bonds is 7. The van der Waals surface area contributed by atoms with Gasteiger partial charge in [0.2, 0.25) is 0 Å². The zero-order chi connectivity index (χ0) is 20.6. The van der Waals surface area contributed by atoms with Gasteiger partial charge < -0.3 is 4.74 Å². The summed E-state index contributed by atoms with van der Waals surface area (Å²) in [6.07, 6.45) is 8.21. The molecule has 150 valence electrons. The first kappa shape index (κ1) is 20.9. The van der Waals surface area contributed by atoms with Gasteiger partial charge in [0, 0.05) is 5.56 Å². The maximum atomic E-state index is 9.89. The van der Waals surface area contributed by atoms with Gasteiger partial charge in [-0.05, 0) is 67.2 Å².